The predicted molar refractivity (Wildman–Crippen MR) is 167 cm³/mol. The molecule has 0 saturated heterocycles. The van der Waals surface area contributed by atoms with Crippen molar-refractivity contribution < 1.29 is 19.4 Å². The molecular weight excluding hydrogens is 508 g/mol. The van der Waals surface area contributed by atoms with E-state index in [0.717, 1.165) is 60.3 Å². The number of rotatable bonds is 9. The van der Waals surface area contributed by atoms with Crippen molar-refractivity contribution in [3.8, 4) is 11.5 Å². The van der Waals surface area contributed by atoms with E-state index in [2.05, 4.69) is 40.7 Å². The number of ether oxygens (including phenoxy) is 2. The van der Waals surface area contributed by atoms with Crippen molar-refractivity contribution in [1.29, 1.82) is 0 Å². The Balaban J connectivity index is 1.21. The molecule has 4 heteroatoms. The molecular formula is C37H54O4. The van der Waals surface area contributed by atoms with Crippen molar-refractivity contribution in [3.63, 3.8) is 0 Å². The first-order chi connectivity index (χ1) is 19.5. The molecule has 1 N–H and O–H groups in total. The van der Waals surface area contributed by atoms with Crippen molar-refractivity contribution >= 4 is 12.0 Å². The van der Waals surface area contributed by atoms with Crippen LogP contribution in [-0.2, 0) is 9.53 Å². The highest BCUT2D eigenvalue weighted by atomic mass is 16.5. The number of hydrogen-bond acceptors (Lipinski definition) is 4. The molecule has 4 nitrogen and oxygen atoms in total. The van der Waals surface area contributed by atoms with Gasteiger partial charge in [-0.1, -0.05) is 71.6 Å². The van der Waals surface area contributed by atoms with Crippen LogP contribution in [0.4, 0.5) is 0 Å². The third-order valence-electron chi connectivity index (χ3n) is 12.2. The summed E-state index contributed by atoms with van der Waals surface area (Å²) in [6, 6.07) is 5.04. The minimum absolute atomic E-state index is 0.0474. The van der Waals surface area contributed by atoms with Gasteiger partial charge in [0.1, 0.15) is 6.10 Å². The highest BCUT2D eigenvalue weighted by Crippen LogP contribution is 2.67. The molecule has 4 aliphatic rings. The lowest BCUT2D eigenvalue weighted by Gasteiger charge is -2.58. The van der Waals surface area contributed by atoms with Crippen LogP contribution in [0.25, 0.3) is 6.08 Å². The Morgan fingerprint density at radius 3 is 2.63 bits per heavy atom. The van der Waals surface area contributed by atoms with Crippen LogP contribution in [0.1, 0.15) is 111 Å². The molecule has 4 aliphatic carbocycles. The molecule has 0 heterocycles. The van der Waals surface area contributed by atoms with Crippen LogP contribution in [0.5, 0.6) is 11.5 Å². The summed E-state index contributed by atoms with van der Waals surface area (Å²) in [5.74, 6) is 5.20. The van der Waals surface area contributed by atoms with E-state index >= 15 is 0 Å². The lowest BCUT2D eigenvalue weighted by molar-refractivity contribution is -0.145. The van der Waals surface area contributed by atoms with E-state index in [1.165, 1.54) is 64.6 Å². The topological polar surface area (TPSA) is 55.8 Å². The van der Waals surface area contributed by atoms with E-state index in [9.17, 15) is 9.90 Å². The first-order valence-corrected chi connectivity index (χ1v) is 16.5. The third kappa shape index (κ3) is 6.00. The van der Waals surface area contributed by atoms with E-state index in [0.29, 0.717) is 11.2 Å². The van der Waals surface area contributed by atoms with Gasteiger partial charge in [0.25, 0.3) is 0 Å². The van der Waals surface area contributed by atoms with E-state index in [1.54, 1.807) is 29.8 Å². The number of carbonyl (C=O) groups is 1. The largest absolute Gasteiger partial charge is 0.504 e. The fourth-order valence-electron chi connectivity index (χ4n) is 9.92. The summed E-state index contributed by atoms with van der Waals surface area (Å²) >= 11 is 0. The summed E-state index contributed by atoms with van der Waals surface area (Å²) in [6.45, 7) is 12.5. The van der Waals surface area contributed by atoms with Gasteiger partial charge in [0.05, 0.1) is 7.11 Å². The number of methoxy groups -OCH3 is 1. The number of allylic oxidation sites excluding steroid dienone is 1. The number of fused-ring (bicyclic) bond motifs is 5. The van der Waals surface area contributed by atoms with Crippen LogP contribution >= 0.6 is 0 Å². The molecule has 0 spiro atoms. The van der Waals surface area contributed by atoms with Gasteiger partial charge in [-0.2, -0.15) is 0 Å². The number of benzene rings is 1. The molecule has 1 aromatic rings. The van der Waals surface area contributed by atoms with E-state index < -0.39 is 0 Å². The number of phenolic OH excluding ortho intramolecular Hbond substituents is 1. The van der Waals surface area contributed by atoms with Gasteiger partial charge in [0, 0.05) is 12.5 Å². The van der Waals surface area contributed by atoms with Crippen LogP contribution in [0.2, 0.25) is 0 Å². The van der Waals surface area contributed by atoms with Crippen LogP contribution in [-0.4, -0.2) is 24.3 Å². The Morgan fingerprint density at radius 2 is 1.88 bits per heavy atom. The van der Waals surface area contributed by atoms with Gasteiger partial charge in [-0.05, 0) is 115 Å². The lowest BCUT2D eigenvalue weighted by Crippen LogP contribution is -2.51. The van der Waals surface area contributed by atoms with Gasteiger partial charge in [-0.25, -0.2) is 4.79 Å². The van der Waals surface area contributed by atoms with Crippen molar-refractivity contribution in [1.82, 2.24) is 0 Å². The molecule has 41 heavy (non-hydrogen) atoms. The van der Waals surface area contributed by atoms with Crippen molar-refractivity contribution in [2.75, 3.05) is 7.11 Å². The van der Waals surface area contributed by atoms with Crippen molar-refractivity contribution in [3.05, 3.63) is 41.5 Å². The molecule has 1 aromatic carbocycles. The van der Waals surface area contributed by atoms with Crippen LogP contribution < -0.4 is 4.74 Å². The monoisotopic (exact) mass is 562 g/mol. The average Bonchev–Trinajstić information content (AvgIpc) is 3.30. The molecule has 0 aromatic heterocycles. The maximum atomic E-state index is 12.7. The van der Waals surface area contributed by atoms with Gasteiger partial charge in [0.2, 0.25) is 0 Å². The first kappa shape index (κ1) is 30.2. The highest BCUT2D eigenvalue weighted by Gasteiger charge is 2.59. The van der Waals surface area contributed by atoms with Crippen LogP contribution in [0.15, 0.2) is 35.9 Å². The molecule has 226 valence electrons. The standard InChI is InChI=1S/C37H54O4/c1-24(2)8-7-9-25(3)30-14-15-31-29-13-12-27-23-28(18-20-36(27,4)32(29)19-21-37(30,31)5)41-35(39)17-11-26-10-16-33(38)34(22-26)40-6/h10-12,16-17,22,24-25,28-32,38H,7-9,13-15,18-21,23H2,1-6H3/b17-11-/t25-,28+,29+,30-,31-,32+,36+,37-/m1/s1. The summed E-state index contributed by atoms with van der Waals surface area (Å²) < 4.78 is 11.1. The molecule has 0 unspecified atom stereocenters. The van der Waals surface area contributed by atoms with Gasteiger partial charge < -0.3 is 14.6 Å². The Morgan fingerprint density at radius 1 is 1.07 bits per heavy atom. The molecule has 5 rings (SSSR count). The molecule has 3 fully saturated rings. The van der Waals surface area contributed by atoms with E-state index in [4.69, 9.17) is 9.47 Å². The fraction of sp³-hybridized carbons (Fsp3) is 0.703. The second-order valence-electron chi connectivity index (χ2n) is 14.9. The van der Waals surface area contributed by atoms with Crippen LogP contribution in [0, 0.1) is 46.3 Å². The van der Waals surface area contributed by atoms with Crippen molar-refractivity contribution in [2.45, 2.75) is 111 Å². The molecule has 8 atom stereocenters. The second-order valence-corrected chi connectivity index (χ2v) is 14.9. The van der Waals surface area contributed by atoms with Gasteiger partial charge in [0.15, 0.2) is 11.5 Å². The maximum absolute atomic E-state index is 12.7. The predicted octanol–water partition coefficient (Wildman–Crippen LogP) is 9.37. The molecule has 3 saturated carbocycles. The number of aromatic hydroxyl groups is 1. The van der Waals surface area contributed by atoms with Crippen LogP contribution in [0.3, 0.4) is 0 Å². The molecule has 0 amide bonds. The normalized spacial score (nSPS) is 35.4. The van der Waals surface area contributed by atoms with E-state index in [-0.39, 0.29) is 23.2 Å². The summed E-state index contributed by atoms with van der Waals surface area (Å²) in [6.07, 6.45) is 19.7. The third-order valence-corrected chi connectivity index (χ3v) is 12.2. The highest BCUT2D eigenvalue weighted by molar-refractivity contribution is 5.87. The Hall–Kier alpha value is -2.23. The zero-order chi connectivity index (χ0) is 29.4. The van der Waals surface area contributed by atoms with Gasteiger partial charge in [-0.3, -0.25) is 0 Å². The Kier molecular flexibility index (Phi) is 8.98. The summed E-state index contributed by atoms with van der Waals surface area (Å²) in [7, 11) is 1.52. The smallest absolute Gasteiger partial charge is 0.331 e. The number of hydrogen-bond donors (Lipinski definition) is 1. The second kappa shape index (κ2) is 12.2. The van der Waals surface area contributed by atoms with E-state index in [1.807, 2.05) is 0 Å². The maximum Gasteiger partial charge on any atom is 0.331 e. The van der Waals surface area contributed by atoms with Gasteiger partial charge >= 0.3 is 5.97 Å². The minimum Gasteiger partial charge on any atom is -0.504 e. The zero-order valence-corrected chi connectivity index (χ0v) is 26.5. The van der Waals surface area contributed by atoms with Crippen molar-refractivity contribution in [2.24, 2.45) is 46.3 Å². The Labute approximate surface area is 249 Å². The fourth-order valence-corrected chi connectivity index (χ4v) is 9.92. The summed E-state index contributed by atoms with van der Waals surface area (Å²) in [4.78, 5) is 12.7. The summed E-state index contributed by atoms with van der Waals surface area (Å²) in [5, 5.41) is 9.80. The minimum atomic E-state index is -0.298. The zero-order valence-electron chi connectivity index (χ0n) is 26.5. The molecule has 0 aliphatic heterocycles. The number of carbonyl (C=O) groups excluding carboxylic acids is 1. The number of phenols is 1. The SMILES string of the molecule is COc1cc(/C=C\C(=O)O[C@H]2CC[C@@]3(C)C(=CC[C@H]4[C@H]5CC[C@H]([C@H](C)CCCC(C)C)[C@@]5(C)CC[C@@H]43)C2)ccc1O. The van der Waals surface area contributed by atoms with Gasteiger partial charge in [-0.15, -0.1) is 0 Å². The Bertz CT molecular complexity index is 1150. The first-order valence-electron chi connectivity index (χ1n) is 16.5. The molecule has 0 radical (unpaired) electrons. The quantitative estimate of drug-likeness (QED) is 0.185. The average molecular weight is 563 g/mol. The summed E-state index contributed by atoms with van der Waals surface area (Å²) in [5.41, 5.74) is 3.11. The number of esters is 1. The lowest BCUT2D eigenvalue weighted by atomic mass is 9.47. The molecule has 0 bridgehead atoms.